The Hall–Kier alpha value is -5.73. The van der Waals surface area contributed by atoms with Crippen molar-refractivity contribution in [3.63, 3.8) is 0 Å². The van der Waals surface area contributed by atoms with E-state index in [4.69, 9.17) is 0 Å². The molecule has 6 rings (SSSR count). The smallest absolute Gasteiger partial charge is 0.350 e. The van der Waals surface area contributed by atoms with Gasteiger partial charge in [0.05, 0.1) is 41.4 Å². The van der Waals surface area contributed by atoms with Crippen molar-refractivity contribution < 1.29 is 43.1 Å². The summed E-state index contributed by atoms with van der Waals surface area (Å²) in [6, 6.07) is 41.7. The van der Waals surface area contributed by atoms with Crippen molar-refractivity contribution in [2.75, 3.05) is 57.0 Å². The molecule has 6 aromatic rings. The number of benzene rings is 3. The lowest BCUT2D eigenvalue weighted by Crippen LogP contribution is -3.00. The molecule has 0 radical (unpaired) electrons. The lowest BCUT2D eigenvalue weighted by atomic mass is 10.2. The lowest BCUT2D eigenvalue weighted by Gasteiger charge is -2.11. The standard InChI is InChI=1S/C32H40N8.C13H14N4.2BrH/c1-37(2)29-19-15-27(16-20-29)33-35-31-13-7-11-25-39(31)23-9-5-6-10-24-40-26-12-8-14-32(40)36-34-28-17-21-30(22-18-28)38(3)4;1-17(2)12-8-6-11(7-9-12)15-16-13-5-3-4-10-14-13;;/h7-8,11-22,25-26H,5-6,9-10,23-24H2,1-4H3;3-10H,1-2H3;2*1H/q+2;;;/p-2. The van der Waals surface area contributed by atoms with Gasteiger partial charge in [-0.2, -0.15) is 0 Å². The number of anilines is 3. The molecule has 0 N–H and O–H groups in total. The van der Waals surface area contributed by atoms with E-state index in [9.17, 15) is 0 Å². The summed E-state index contributed by atoms with van der Waals surface area (Å²) in [4.78, 5) is 10.3. The Morgan fingerprint density at radius 3 is 1.14 bits per heavy atom. The van der Waals surface area contributed by atoms with Gasteiger partial charge in [-0.25, -0.2) is 14.1 Å². The summed E-state index contributed by atoms with van der Waals surface area (Å²) in [7, 11) is 12.1. The van der Waals surface area contributed by atoms with E-state index in [2.05, 4.69) is 91.3 Å². The summed E-state index contributed by atoms with van der Waals surface area (Å²) < 4.78 is 4.35. The molecule has 3 heterocycles. The third kappa shape index (κ3) is 16.2. The second-order valence-corrected chi connectivity index (χ2v) is 13.9. The minimum absolute atomic E-state index is 0. The molecule has 0 amide bonds. The van der Waals surface area contributed by atoms with Crippen LogP contribution in [0.4, 0.5) is 51.6 Å². The maximum atomic E-state index is 4.52. The number of aromatic nitrogens is 3. The first kappa shape index (κ1) is 47.6. The van der Waals surface area contributed by atoms with E-state index in [1.165, 1.54) is 0 Å². The van der Waals surface area contributed by atoms with E-state index >= 15 is 0 Å². The molecule has 0 saturated carbocycles. The number of pyridine rings is 3. The van der Waals surface area contributed by atoms with Gasteiger partial charge in [0.25, 0.3) is 0 Å². The van der Waals surface area contributed by atoms with Crippen LogP contribution < -0.4 is 57.8 Å². The molecular formula is C45H54Br2N12. The van der Waals surface area contributed by atoms with Gasteiger partial charge in [0.2, 0.25) is 0 Å². The third-order valence-electron chi connectivity index (χ3n) is 8.93. The summed E-state index contributed by atoms with van der Waals surface area (Å²) in [6.07, 6.45) is 10.3. The molecule has 0 unspecified atom stereocenters. The van der Waals surface area contributed by atoms with Crippen LogP contribution in [-0.2, 0) is 13.1 Å². The molecule has 12 nitrogen and oxygen atoms in total. The number of halogens is 2. The Balaban J connectivity index is 0.000000410. The van der Waals surface area contributed by atoms with Crippen LogP contribution in [0.25, 0.3) is 0 Å². The van der Waals surface area contributed by atoms with E-state index in [1.807, 2.05) is 150 Å². The predicted molar refractivity (Wildman–Crippen MR) is 231 cm³/mol. The highest BCUT2D eigenvalue weighted by atomic mass is 79.9. The fourth-order valence-electron chi connectivity index (χ4n) is 5.60. The Morgan fingerprint density at radius 2 is 0.780 bits per heavy atom. The van der Waals surface area contributed by atoms with Crippen LogP contribution in [0.1, 0.15) is 25.7 Å². The predicted octanol–water partition coefficient (Wildman–Crippen LogP) is 5.06. The number of unbranched alkanes of at least 4 members (excludes halogenated alkanes) is 3. The van der Waals surface area contributed by atoms with Crippen molar-refractivity contribution in [3.8, 4) is 0 Å². The van der Waals surface area contributed by atoms with Gasteiger partial charge in [-0.05, 0) is 133 Å². The number of hydrogen-bond acceptors (Lipinski definition) is 10. The third-order valence-corrected chi connectivity index (χ3v) is 8.93. The molecule has 0 aliphatic heterocycles. The molecule has 0 fully saturated rings. The topological polar surface area (TPSA) is 105 Å². The van der Waals surface area contributed by atoms with Crippen molar-refractivity contribution in [3.05, 3.63) is 146 Å². The SMILES string of the molecule is CN(C)c1ccc(N=Nc2cccc[n+]2CCCCCC[n+]2ccccc2N=Nc2ccc(N(C)C)cc2)cc1.CN(C)c1ccc(N=Nc2ccccn2)cc1.[Br-].[Br-]. The molecule has 3 aromatic heterocycles. The van der Waals surface area contributed by atoms with Gasteiger partial charge in [-0.15, -0.1) is 10.2 Å². The van der Waals surface area contributed by atoms with Crippen LogP contribution in [0.5, 0.6) is 0 Å². The summed E-state index contributed by atoms with van der Waals surface area (Å²) >= 11 is 0. The summed E-state index contributed by atoms with van der Waals surface area (Å²) in [5.41, 5.74) is 5.95. The van der Waals surface area contributed by atoms with Gasteiger partial charge in [0.1, 0.15) is 11.4 Å². The van der Waals surface area contributed by atoms with Gasteiger partial charge in [0.15, 0.2) is 5.82 Å². The van der Waals surface area contributed by atoms with Crippen LogP contribution in [0.2, 0.25) is 0 Å². The average Bonchev–Trinajstić information content (AvgIpc) is 3.24. The summed E-state index contributed by atoms with van der Waals surface area (Å²) in [6.45, 7) is 1.83. The molecule has 14 heteroatoms. The normalized spacial score (nSPS) is 10.8. The van der Waals surface area contributed by atoms with Crippen LogP contribution in [-0.4, -0.2) is 47.3 Å². The first-order chi connectivity index (χ1) is 27.7. The molecule has 308 valence electrons. The molecule has 0 aliphatic rings. The van der Waals surface area contributed by atoms with Gasteiger partial charge in [-0.1, -0.05) is 18.2 Å². The fraction of sp³-hybridized carbons (Fsp3) is 0.267. The number of nitrogens with zero attached hydrogens (tertiary/aromatic N) is 12. The molecule has 59 heavy (non-hydrogen) atoms. The van der Waals surface area contributed by atoms with E-state index in [-0.39, 0.29) is 34.0 Å². The zero-order valence-corrected chi connectivity index (χ0v) is 37.9. The highest BCUT2D eigenvalue weighted by molar-refractivity contribution is 5.53. The molecule has 3 aromatic carbocycles. The Kier molecular flexibility index (Phi) is 20.7. The summed E-state index contributed by atoms with van der Waals surface area (Å²) in [5.74, 6) is 2.35. The monoisotopic (exact) mass is 920 g/mol. The minimum atomic E-state index is 0. The van der Waals surface area contributed by atoms with Crippen LogP contribution in [0.3, 0.4) is 0 Å². The van der Waals surface area contributed by atoms with Crippen molar-refractivity contribution in [2.24, 2.45) is 30.7 Å². The Morgan fingerprint density at radius 1 is 0.407 bits per heavy atom. The highest BCUT2D eigenvalue weighted by Crippen LogP contribution is 2.22. The van der Waals surface area contributed by atoms with Gasteiger partial charge < -0.3 is 48.7 Å². The molecule has 0 bridgehead atoms. The second kappa shape index (κ2) is 25.6. The zero-order chi connectivity index (χ0) is 40.2. The van der Waals surface area contributed by atoms with Crippen molar-refractivity contribution in [2.45, 2.75) is 38.8 Å². The maximum Gasteiger partial charge on any atom is 0.350 e. The minimum Gasteiger partial charge on any atom is -1.00 e. The van der Waals surface area contributed by atoms with E-state index in [0.29, 0.717) is 5.82 Å². The zero-order valence-electron chi connectivity index (χ0n) is 34.7. The lowest BCUT2D eigenvalue weighted by molar-refractivity contribution is -0.686. The number of hydrogen-bond donors (Lipinski definition) is 0. The Labute approximate surface area is 370 Å². The van der Waals surface area contributed by atoms with E-state index < -0.39 is 0 Å². The largest absolute Gasteiger partial charge is 1.00 e. The van der Waals surface area contributed by atoms with Crippen molar-refractivity contribution >= 4 is 51.6 Å². The summed E-state index contributed by atoms with van der Waals surface area (Å²) in [5, 5.41) is 26.1. The number of aryl methyl sites for hydroxylation is 2. The van der Waals surface area contributed by atoms with Crippen LogP contribution >= 0.6 is 0 Å². The molecular weight excluding hydrogens is 868 g/mol. The van der Waals surface area contributed by atoms with Gasteiger partial charge >= 0.3 is 11.6 Å². The van der Waals surface area contributed by atoms with Crippen molar-refractivity contribution in [1.82, 2.24) is 4.98 Å². The Bertz CT molecular complexity index is 2070. The highest BCUT2D eigenvalue weighted by Gasteiger charge is 2.11. The van der Waals surface area contributed by atoms with E-state index in [1.54, 1.807) is 6.20 Å². The second-order valence-electron chi connectivity index (χ2n) is 13.9. The van der Waals surface area contributed by atoms with Crippen LogP contribution in [0, 0.1) is 0 Å². The first-order valence-electron chi connectivity index (χ1n) is 19.2. The first-order valence-corrected chi connectivity index (χ1v) is 19.2. The number of azo groups is 3. The molecule has 0 aliphatic carbocycles. The van der Waals surface area contributed by atoms with Crippen LogP contribution in [0.15, 0.2) is 177 Å². The van der Waals surface area contributed by atoms with Gasteiger partial charge in [-0.3, -0.25) is 0 Å². The quantitative estimate of drug-likeness (QED) is 0.0771. The maximum absolute atomic E-state index is 4.52. The average molecular weight is 923 g/mol. The van der Waals surface area contributed by atoms with Crippen molar-refractivity contribution in [1.29, 1.82) is 0 Å². The fourth-order valence-corrected chi connectivity index (χ4v) is 5.60. The molecule has 0 spiro atoms. The molecule has 0 saturated heterocycles. The number of rotatable bonds is 16. The van der Waals surface area contributed by atoms with E-state index in [0.717, 1.165) is 84.5 Å². The van der Waals surface area contributed by atoms with Gasteiger partial charge in [0, 0.05) is 77.7 Å². The molecule has 0 atom stereocenters.